The minimum Gasteiger partial charge on any atom is -0.395 e. The maximum Gasteiger partial charge on any atom is 0.0558 e. The summed E-state index contributed by atoms with van der Waals surface area (Å²) in [4.78, 5) is 2.21. The van der Waals surface area contributed by atoms with Crippen LogP contribution in [0.25, 0.3) is 0 Å². The van der Waals surface area contributed by atoms with Crippen molar-refractivity contribution in [1.82, 2.24) is 10.2 Å². The number of hydrogen-bond acceptors (Lipinski definition) is 3. The summed E-state index contributed by atoms with van der Waals surface area (Å²) >= 11 is 0. The fourth-order valence-electron chi connectivity index (χ4n) is 1.45. The standard InChI is InChI=1S/C11H24N2O/c1-4-7-13(9-10-14)8-6-11(3)12-5-2/h4,11-12,14H,1,5-10H2,2-3H3. The van der Waals surface area contributed by atoms with Gasteiger partial charge in [-0.2, -0.15) is 0 Å². The molecule has 0 aliphatic heterocycles. The second-order valence-corrected chi connectivity index (χ2v) is 3.56. The summed E-state index contributed by atoms with van der Waals surface area (Å²) in [6.07, 6.45) is 3.00. The monoisotopic (exact) mass is 200 g/mol. The Morgan fingerprint density at radius 1 is 1.50 bits per heavy atom. The molecule has 0 saturated heterocycles. The number of hydrogen-bond donors (Lipinski definition) is 2. The van der Waals surface area contributed by atoms with E-state index in [1.54, 1.807) is 0 Å². The fraction of sp³-hybridized carbons (Fsp3) is 0.818. The maximum absolute atomic E-state index is 8.84. The van der Waals surface area contributed by atoms with E-state index >= 15 is 0 Å². The lowest BCUT2D eigenvalue weighted by molar-refractivity contribution is 0.203. The van der Waals surface area contributed by atoms with E-state index in [2.05, 4.69) is 30.6 Å². The Bertz CT molecular complexity index is 139. The molecule has 0 aliphatic carbocycles. The van der Waals surface area contributed by atoms with Gasteiger partial charge < -0.3 is 10.4 Å². The summed E-state index contributed by atoms with van der Waals surface area (Å²) in [5.74, 6) is 0. The van der Waals surface area contributed by atoms with Gasteiger partial charge in [0.2, 0.25) is 0 Å². The van der Waals surface area contributed by atoms with Crippen molar-refractivity contribution in [3.05, 3.63) is 12.7 Å². The first-order valence-corrected chi connectivity index (χ1v) is 5.42. The Morgan fingerprint density at radius 3 is 2.71 bits per heavy atom. The molecule has 3 nitrogen and oxygen atoms in total. The Labute approximate surface area is 87.8 Å². The second-order valence-electron chi connectivity index (χ2n) is 3.56. The predicted molar refractivity (Wildman–Crippen MR) is 61.5 cm³/mol. The molecule has 0 radical (unpaired) electrons. The van der Waals surface area contributed by atoms with Crippen LogP contribution in [-0.2, 0) is 0 Å². The molecular weight excluding hydrogens is 176 g/mol. The third kappa shape index (κ3) is 7.06. The van der Waals surface area contributed by atoms with E-state index in [0.29, 0.717) is 6.04 Å². The summed E-state index contributed by atoms with van der Waals surface area (Å²) in [6, 6.07) is 0.547. The highest BCUT2D eigenvalue weighted by atomic mass is 16.3. The molecule has 0 aromatic heterocycles. The summed E-state index contributed by atoms with van der Waals surface area (Å²) in [5, 5.41) is 12.2. The molecule has 14 heavy (non-hydrogen) atoms. The third-order valence-electron chi connectivity index (χ3n) is 2.23. The van der Waals surface area contributed by atoms with Gasteiger partial charge in [0.1, 0.15) is 0 Å². The SMILES string of the molecule is C=CCN(CCO)CCC(C)NCC. The van der Waals surface area contributed by atoms with E-state index in [0.717, 1.165) is 32.6 Å². The van der Waals surface area contributed by atoms with Crippen LogP contribution in [0.1, 0.15) is 20.3 Å². The van der Waals surface area contributed by atoms with Crippen molar-refractivity contribution >= 4 is 0 Å². The van der Waals surface area contributed by atoms with E-state index in [9.17, 15) is 0 Å². The van der Waals surface area contributed by atoms with Crippen LogP contribution >= 0.6 is 0 Å². The van der Waals surface area contributed by atoms with Gasteiger partial charge in [0.25, 0.3) is 0 Å². The largest absolute Gasteiger partial charge is 0.395 e. The molecule has 2 N–H and O–H groups in total. The molecule has 1 atom stereocenters. The molecule has 0 saturated carbocycles. The zero-order valence-electron chi connectivity index (χ0n) is 9.50. The first-order chi connectivity index (χ1) is 6.74. The van der Waals surface area contributed by atoms with Crippen LogP contribution in [0.5, 0.6) is 0 Å². The lowest BCUT2D eigenvalue weighted by Crippen LogP contribution is -2.34. The van der Waals surface area contributed by atoms with Crippen molar-refractivity contribution in [2.75, 3.05) is 32.8 Å². The van der Waals surface area contributed by atoms with Gasteiger partial charge in [-0.25, -0.2) is 0 Å². The first kappa shape index (κ1) is 13.6. The van der Waals surface area contributed by atoms with Crippen LogP contribution in [0.4, 0.5) is 0 Å². The van der Waals surface area contributed by atoms with Gasteiger partial charge in [0, 0.05) is 25.7 Å². The Balaban J connectivity index is 3.62. The highest BCUT2D eigenvalue weighted by Gasteiger charge is 2.04. The molecule has 1 unspecified atom stereocenters. The number of nitrogens with one attached hydrogen (secondary N) is 1. The summed E-state index contributed by atoms with van der Waals surface area (Å²) < 4.78 is 0. The Hall–Kier alpha value is -0.380. The van der Waals surface area contributed by atoms with Crippen molar-refractivity contribution < 1.29 is 5.11 Å². The smallest absolute Gasteiger partial charge is 0.0558 e. The topological polar surface area (TPSA) is 35.5 Å². The Morgan fingerprint density at radius 2 is 2.21 bits per heavy atom. The predicted octanol–water partition coefficient (Wildman–Crippen LogP) is 0.855. The minimum atomic E-state index is 0.226. The molecule has 3 heteroatoms. The highest BCUT2D eigenvalue weighted by molar-refractivity contribution is 4.74. The van der Waals surface area contributed by atoms with Gasteiger partial charge in [-0.15, -0.1) is 6.58 Å². The quantitative estimate of drug-likeness (QED) is 0.542. The van der Waals surface area contributed by atoms with E-state index in [1.165, 1.54) is 0 Å². The van der Waals surface area contributed by atoms with Crippen LogP contribution < -0.4 is 5.32 Å². The van der Waals surface area contributed by atoms with E-state index in [1.807, 2.05) is 6.08 Å². The highest BCUT2D eigenvalue weighted by Crippen LogP contribution is 1.96. The number of rotatable bonds is 9. The fourth-order valence-corrected chi connectivity index (χ4v) is 1.45. The summed E-state index contributed by atoms with van der Waals surface area (Å²) in [5.41, 5.74) is 0. The zero-order chi connectivity index (χ0) is 10.8. The minimum absolute atomic E-state index is 0.226. The summed E-state index contributed by atoms with van der Waals surface area (Å²) in [6.45, 7) is 11.9. The van der Waals surface area contributed by atoms with Crippen LogP contribution in [0, 0.1) is 0 Å². The van der Waals surface area contributed by atoms with Crippen LogP contribution in [-0.4, -0.2) is 48.8 Å². The Kier molecular flexibility index (Phi) is 8.94. The first-order valence-electron chi connectivity index (χ1n) is 5.42. The molecule has 0 amide bonds. The molecule has 0 aromatic rings. The zero-order valence-corrected chi connectivity index (χ0v) is 9.50. The van der Waals surface area contributed by atoms with Crippen molar-refractivity contribution in [3.8, 4) is 0 Å². The average Bonchev–Trinajstić information content (AvgIpc) is 2.15. The lowest BCUT2D eigenvalue weighted by atomic mass is 10.2. The molecule has 0 heterocycles. The molecular formula is C11H24N2O. The lowest BCUT2D eigenvalue weighted by Gasteiger charge is -2.21. The maximum atomic E-state index is 8.84. The van der Waals surface area contributed by atoms with E-state index in [4.69, 9.17) is 5.11 Å². The van der Waals surface area contributed by atoms with Crippen LogP contribution in [0.15, 0.2) is 12.7 Å². The van der Waals surface area contributed by atoms with Gasteiger partial charge >= 0.3 is 0 Å². The molecule has 0 fully saturated rings. The van der Waals surface area contributed by atoms with Crippen LogP contribution in [0.2, 0.25) is 0 Å². The summed E-state index contributed by atoms with van der Waals surface area (Å²) in [7, 11) is 0. The van der Waals surface area contributed by atoms with Crippen molar-refractivity contribution in [2.45, 2.75) is 26.3 Å². The number of nitrogens with zero attached hydrogens (tertiary/aromatic N) is 1. The van der Waals surface area contributed by atoms with Gasteiger partial charge in [0.15, 0.2) is 0 Å². The van der Waals surface area contributed by atoms with Crippen molar-refractivity contribution in [2.24, 2.45) is 0 Å². The second kappa shape index (κ2) is 9.19. The molecule has 0 aromatic carbocycles. The van der Waals surface area contributed by atoms with Gasteiger partial charge in [-0.1, -0.05) is 13.0 Å². The molecule has 84 valence electrons. The van der Waals surface area contributed by atoms with Gasteiger partial charge in [-0.3, -0.25) is 4.90 Å². The van der Waals surface area contributed by atoms with E-state index < -0.39 is 0 Å². The number of aliphatic hydroxyl groups is 1. The van der Waals surface area contributed by atoms with Crippen LogP contribution in [0.3, 0.4) is 0 Å². The average molecular weight is 200 g/mol. The van der Waals surface area contributed by atoms with Gasteiger partial charge in [0.05, 0.1) is 6.61 Å². The molecule has 0 bridgehead atoms. The van der Waals surface area contributed by atoms with Gasteiger partial charge in [-0.05, 0) is 19.9 Å². The molecule has 0 rings (SSSR count). The van der Waals surface area contributed by atoms with Crippen molar-refractivity contribution in [1.29, 1.82) is 0 Å². The normalized spacial score (nSPS) is 13.1. The van der Waals surface area contributed by atoms with E-state index in [-0.39, 0.29) is 6.61 Å². The van der Waals surface area contributed by atoms with Crippen molar-refractivity contribution in [3.63, 3.8) is 0 Å². The molecule has 0 aliphatic rings. The molecule has 0 spiro atoms. The number of aliphatic hydroxyl groups excluding tert-OH is 1. The third-order valence-corrected chi connectivity index (χ3v) is 2.23.